The predicted molar refractivity (Wildman–Crippen MR) is 64.3 cm³/mol. The van der Waals surface area contributed by atoms with Gasteiger partial charge in [0.1, 0.15) is 5.54 Å². The fraction of sp³-hybridized carbons (Fsp3) is 0.909. The summed E-state index contributed by atoms with van der Waals surface area (Å²) in [7, 11) is 0. The third kappa shape index (κ3) is 8.40. The van der Waals surface area contributed by atoms with Crippen LogP contribution in [-0.2, 0) is 0 Å². The van der Waals surface area contributed by atoms with Crippen molar-refractivity contribution in [1.82, 2.24) is 0 Å². The lowest BCUT2D eigenvalue weighted by Gasteiger charge is -2.14. The van der Waals surface area contributed by atoms with E-state index in [9.17, 15) is 0 Å². The van der Waals surface area contributed by atoms with Crippen LogP contribution >= 0.6 is 11.8 Å². The predicted octanol–water partition coefficient (Wildman–Crippen LogP) is 2.93. The van der Waals surface area contributed by atoms with Gasteiger partial charge in [-0.1, -0.05) is 19.8 Å². The van der Waals surface area contributed by atoms with Gasteiger partial charge in [-0.2, -0.15) is 17.0 Å². The molecule has 0 fully saturated rings. The van der Waals surface area contributed by atoms with Gasteiger partial charge in [0.25, 0.3) is 0 Å². The largest absolute Gasteiger partial charge is 0.314 e. The van der Waals surface area contributed by atoms with Crippen LogP contribution in [0.5, 0.6) is 0 Å². The van der Waals surface area contributed by atoms with Crippen molar-refractivity contribution < 1.29 is 0 Å². The van der Waals surface area contributed by atoms with Crippen LogP contribution in [0, 0.1) is 11.3 Å². The van der Waals surface area contributed by atoms with E-state index in [1.807, 2.05) is 11.8 Å². The van der Waals surface area contributed by atoms with E-state index in [-0.39, 0.29) is 0 Å². The molecule has 0 aliphatic heterocycles. The van der Waals surface area contributed by atoms with Crippen molar-refractivity contribution in [1.29, 1.82) is 5.26 Å². The van der Waals surface area contributed by atoms with Gasteiger partial charge in [0.05, 0.1) is 6.07 Å². The lowest BCUT2D eigenvalue weighted by atomic mass is 10.0. The quantitative estimate of drug-likeness (QED) is 0.632. The Kier molecular flexibility index (Phi) is 8.02. The summed E-state index contributed by atoms with van der Waals surface area (Å²) in [5, 5.41) is 8.68. The molecule has 1 unspecified atom stereocenters. The number of nitriles is 1. The van der Waals surface area contributed by atoms with Crippen LogP contribution < -0.4 is 5.73 Å². The Hall–Kier alpha value is -0.200. The van der Waals surface area contributed by atoms with Crippen molar-refractivity contribution in [3.8, 4) is 6.07 Å². The average molecular weight is 214 g/mol. The molecule has 1 atom stereocenters. The molecule has 82 valence electrons. The Morgan fingerprint density at radius 2 is 1.93 bits per heavy atom. The van der Waals surface area contributed by atoms with Gasteiger partial charge in [0.15, 0.2) is 0 Å². The zero-order chi connectivity index (χ0) is 10.9. The molecule has 0 saturated carbocycles. The highest BCUT2D eigenvalue weighted by Gasteiger charge is 2.15. The van der Waals surface area contributed by atoms with E-state index in [2.05, 4.69) is 13.0 Å². The summed E-state index contributed by atoms with van der Waals surface area (Å²) in [6.45, 7) is 4.02. The van der Waals surface area contributed by atoms with Crippen LogP contribution in [0.2, 0.25) is 0 Å². The summed E-state index contributed by atoms with van der Waals surface area (Å²) < 4.78 is 0. The van der Waals surface area contributed by atoms with Gasteiger partial charge in [-0.15, -0.1) is 0 Å². The van der Waals surface area contributed by atoms with Crippen molar-refractivity contribution >= 4 is 11.8 Å². The SMILES string of the molecule is CCCCCSCCCC(C)(N)C#N. The molecule has 0 radical (unpaired) electrons. The maximum Gasteiger partial charge on any atom is 0.101 e. The molecule has 0 aliphatic carbocycles. The summed E-state index contributed by atoms with van der Waals surface area (Å²) in [5.74, 6) is 2.39. The van der Waals surface area contributed by atoms with Crippen LogP contribution in [0.25, 0.3) is 0 Å². The van der Waals surface area contributed by atoms with Crippen LogP contribution in [-0.4, -0.2) is 17.0 Å². The zero-order valence-electron chi connectivity index (χ0n) is 9.38. The average Bonchev–Trinajstić information content (AvgIpc) is 2.16. The van der Waals surface area contributed by atoms with Gasteiger partial charge in [-0.25, -0.2) is 0 Å². The lowest BCUT2D eigenvalue weighted by Crippen LogP contribution is -2.33. The van der Waals surface area contributed by atoms with E-state index in [1.165, 1.54) is 25.0 Å². The fourth-order valence-electron chi connectivity index (χ4n) is 1.15. The van der Waals surface area contributed by atoms with Gasteiger partial charge in [-0.05, 0) is 37.7 Å². The third-order valence-electron chi connectivity index (χ3n) is 2.13. The molecule has 2 N–H and O–H groups in total. The Morgan fingerprint density at radius 1 is 1.29 bits per heavy atom. The molecule has 3 heteroatoms. The van der Waals surface area contributed by atoms with E-state index in [0.717, 1.165) is 18.6 Å². The van der Waals surface area contributed by atoms with E-state index < -0.39 is 5.54 Å². The van der Waals surface area contributed by atoms with Crippen LogP contribution in [0.15, 0.2) is 0 Å². The molecule has 2 nitrogen and oxygen atoms in total. The number of thioether (sulfide) groups is 1. The molecule has 0 rings (SSSR count). The molecule has 14 heavy (non-hydrogen) atoms. The van der Waals surface area contributed by atoms with Gasteiger partial charge in [0.2, 0.25) is 0 Å². The van der Waals surface area contributed by atoms with Gasteiger partial charge < -0.3 is 5.73 Å². The summed E-state index contributed by atoms with van der Waals surface area (Å²) in [6.07, 6.45) is 5.80. The summed E-state index contributed by atoms with van der Waals surface area (Å²) in [6, 6.07) is 2.12. The molecule has 0 aromatic heterocycles. The molecule has 0 aromatic carbocycles. The summed E-state index contributed by atoms with van der Waals surface area (Å²) in [5.41, 5.74) is 5.09. The topological polar surface area (TPSA) is 49.8 Å². The van der Waals surface area contributed by atoms with E-state index in [0.29, 0.717) is 0 Å². The first-order valence-electron chi connectivity index (χ1n) is 5.40. The molecular weight excluding hydrogens is 192 g/mol. The molecular formula is C11H22N2S. The first-order valence-corrected chi connectivity index (χ1v) is 6.55. The first kappa shape index (κ1) is 13.8. The number of hydrogen-bond donors (Lipinski definition) is 1. The number of nitrogens with two attached hydrogens (primary N) is 1. The highest BCUT2D eigenvalue weighted by atomic mass is 32.2. The number of rotatable bonds is 8. The van der Waals surface area contributed by atoms with Crippen LogP contribution in [0.4, 0.5) is 0 Å². The summed E-state index contributed by atoms with van der Waals surface area (Å²) >= 11 is 1.98. The summed E-state index contributed by atoms with van der Waals surface area (Å²) in [4.78, 5) is 0. The zero-order valence-corrected chi connectivity index (χ0v) is 10.2. The van der Waals surface area contributed by atoms with Gasteiger partial charge in [0, 0.05) is 0 Å². The minimum atomic E-state index is -0.621. The minimum Gasteiger partial charge on any atom is -0.314 e. The lowest BCUT2D eigenvalue weighted by molar-refractivity contribution is 0.540. The molecule has 0 aliphatic rings. The highest BCUT2D eigenvalue weighted by molar-refractivity contribution is 7.99. The first-order chi connectivity index (χ1) is 6.62. The second-order valence-corrected chi connectivity index (χ2v) is 5.18. The fourth-order valence-corrected chi connectivity index (χ4v) is 2.11. The van der Waals surface area contributed by atoms with Crippen molar-refractivity contribution in [2.75, 3.05) is 11.5 Å². The van der Waals surface area contributed by atoms with Crippen molar-refractivity contribution in [2.45, 2.75) is 51.5 Å². The Morgan fingerprint density at radius 3 is 2.50 bits per heavy atom. The van der Waals surface area contributed by atoms with E-state index in [4.69, 9.17) is 11.0 Å². The molecule has 0 amide bonds. The van der Waals surface area contributed by atoms with Crippen molar-refractivity contribution in [2.24, 2.45) is 5.73 Å². The molecule has 0 saturated heterocycles. The Balaban J connectivity index is 3.18. The van der Waals surface area contributed by atoms with Gasteiger partial charge in [-0.3, -0.25) is 0 Å². The second kappa shape index (κ2) is 8.14. The van der Waals surface area contributed by atoms with Crippen LogP contribution in [0.1, 0.15) is 46.0 Å². The smallest absolute Gasteiger partial charge is 0.101 e. The van der Waals surface area contributed by atoms with Crippen LogP contribution in [0.3, 0.4) is 0 Å². The Labute approximate surface area is 92.2 Å². The third-order valence-corrected chi connectivity index (χ3v) is 3.29. The normalized spacial score (nSPS) is 14.7. The Bertz CT molecular complexity index is 173. The molecule has 0 spiro atoms. The van der Waals surface area contributed by atoms with E-state index in [1.54, 1.807) is 6.92 Å². The maximum atomic E-state index is 8.68. The molecule has 0 heterocycles. The highest BCUT2D eigenvalue weighted by Crippen LogP contribution is 2.13. The second-order valence-electron chi connectivity index (χ2n) is 3.95. The number of hydrogen-bond acceptors (Lipinski definition) is 3. The number of nitrogens with zero attached hydrogens (tertiary/aromatic N) is 1. The molecule has 0 bridgehead atoms. The van der Waals surface area contributed by atoms with E-state index >= 15 is 0 Å². The minimum absolute atomic E-state index is 0.621. The van der Waals surface area contributed by atoms with Crippen molar-refractivity contribution in [3.05, 3.63) is 0 Å². The standard InChI is InChI=1S/C11H22N2S/c1-3-4-5-8-14-9-6-7-11(2,13)10-12/h3-9,13H2,1-2H3. The van der Waals surface area contributed by atoms with Crippen molar-refractivity contribution in [3.63, 3.8) is 0 Å². The van der Waals surface area contributed by atoms with Gasteiger partial charge >= 0.3 is 0 Å². The number of unbranched alkanes of at least 4 members (excludes halogenated alkanes) is 2. The molecule has 0 aromatic rings. The maximum absolute atomic E-state index is 8.68. The monoisotopic (exact) mass is 214 g/mol.